The third-order valence-electron chi connectivity index (χ3n) is 4.97. The maximum Gasteiger partial charge on any atom is 0.322 e. The lowest BCUT2D eigenvalue weighted by Gasteiger charge is -2.42. The molecular weight excluding hydrogens is 332 g/mol. The lowest BCUT2D eigenvalue weighted by molar-refractivity contribution is 0.279. The highest BCUT2D eigenvalue weighted by Crippen LogP contribution is 2.36. The molecule has 1 fully saturated rings. The van der Waals surface area contributed by atoms with Crippen LogP contribution in [0.15, 0.2) is 23.0 Å². The third-order valence-corrected chi connectivity index (χ3v) is 4.97. The highest BCUT2D eigenvalue weighted by molar-refractivity contribution is 5.40. The number of nitrogens with zero attached hydrogens (tertiary/aromatic N) is 5. The molecule has 2 aromatic heterocycles. The van der Waals surface area contributed by atoms with Crippen LogP contribution in [0.25, 0.3) is 0 Å². The first kappa shape index (κ1) is 16.8. The number of rotatable bonds is 4. The fraction of sp³-hybridized carbons (Fsp3) is 0.556. The van der Waals surface area contributed by atoms with E-state index in [0.29, 0.717) is 29.7 Å². The minimum atomic E-state index is 0.0934. The molecular formula is C18H24N6O2. The molecule has 1 saturated heterocycles. The third kappa shape index (κ3) is 3.11. The maximum atomic E-state index is 12.2. The van der Waals surface area contributed by atoms with Gasteiger partial charge < -0.3 is 19.5 Å². The van der Waals surface area contributed by atoms with Crippen LogP contribution >= 0.6 is 0 Å². The number of pyridine rings is 1. The number of nitrogens with one attached hydrogen (secondary N) is 1. The average molecular weight is 356 g/mol. The molecule has 0 aromatic carbocycles. The standard InChI is InChI=1S/C18H24N6O2/c1-11(2)19-16-20-17(22-18(21-16)26-3)23-8-12-7-13(10-23)14-5-4-6-15(25)24(14)9-12/h4-6,11-13H,7-10H2,1-3H3,(H,19,20,21,22)/t12-,13-/m0/s1. The summed E-state index contributed by atoms with van der Waals surface area (Å²) in [5.41, 5.74) is 1.20. The van der Waals surface area contributed by atoms with E-state index in [2.05, 4.69) is 31.2 Å². The molecule has 0 amide bonds. The quantitative estimate of drug-likeness (QED) is 0.888. The first-order valence-corrected chi connectivity index (χ1v) is 9.04. The van der Waals surface area contributed by atoms with E-state index in [0.717, 1.165) is 31.7 Å². The molecule has 4 rings (SSSR count). The molecule has 0 radical (unpaired) electrons. The summed E-state index contributed by atoms with van der Waals surface area (Å²) in [6, 6.07) is 6.08. The summed E-state index contributed by atoms with van der Waals surface area (Å²) < 4.78 is 7.19. The summed E-state index contributed by atoms with van der Waals surface area (Å²) in [6.45, 7) is 6.44. The summed E-state index contributed by atoms with van der Waals surface area (Å²) in [5.74, 6) is 1.86. The molecule has 2 atom stereocenters. The van der Waals surface area contributed by atoms with Crippen LogP contribution in [-0.4, -0.2) is 45.8 Å². The van der Waals surface area contributed by atoms with E-state index < -0.39 is 0 Å². The van der Waals surface area contributed by atoms with Gasteiger partial charge in [-0.25, -0.2) is 0 Å². The van der Waals surface area contributed by atoms with Crippen LogP contribution in [0.4, 0.5) is 11.9 Å². The summed E-state index contributed by atoms with van der Waals surface area (Å²) in [6.07, 6.45) is 1.10. The largest absolute Gasteiger partial charge is 0.467 e. The van der Waals surface area contributed by atoms with E-state index in [1.165, 1.54) is 0 Å². The smallest absolute Gasteiger partial charge is 0.322 e. The van der Waals surface area contributed by atoms with Crippen molar-refractivity contribution in [1.82, 2.24) is 19.5 Å². The van der Waals surface area contributed by atoms with Gasteiger partial charge in [0.15, 0.2) is 0 Å². The van der Waals surface area contributed by atoms with Crippen LogP contribution in [-0.2, 0) is 6.54 Å². The van der Waals surface area contributed by atoms with Crippen LogP contribution in [0.3, 0.4) is 0 Å². The zero-order chi connectivity index (χ0) is 18.3. The Bertz CT molecular complexity index is 865. The highest BCUT2D eigenvalue weighted by Gasteiger charge is 2.35. The van der Waals surface area contributed by atoms with Crippen LogP contribution in [0.1, 0.15) is 31.9 Å². The van der Waals surface area contributed by atoms with Crippen LogP contribution in [0.2, 0.25) is 0 Å². The monoisotopic (exact) mass is 356 g/mol. The van der Waals surface area contributed by atoms with E-state index in [4.69, 9.17) is 4.74 Å². The van der Waals surface area contributed by atoms with Crippen molar-refractivity contribution >= 4 is 11.9 Å². The van der Waals surface area contributed by atoms with Crippen LogP contribution < -0.4 is 20.5 Å². The summed E-state index contributed by atoms with van der Waals surface area (Å²) in [5, 5.41) is 3.22. The SMILES string of the molecule is COc1nc(NC(C)C)nc(N2C[C@@H]3C[C@@H](C2)c2cccc(=O)n2C3)n1. The Labute approximate surface area is 152 Å². The fourth-order valence-corrected chi connectivity index (χ4v) is 3.96. The van der Waals surface area contributed by atoms with Gasteiger partial charge in [-0.3, -0.25) is 4.79 Å². The second-order valence-corrected chi connectivity index (χ2v) is 7.35. The highest BCUT2D eigenvalue weighted by atomic mass is 16.5. The molecule has 0 unspecified atom stereocenters. The van der Waals surface area contributed by atoms with Crippen molar-refractivity contribution in [3.8, 4) is 6.01 Å². The summed E-state index contributed by atoms with van der Waals surface area (Å²) in [4.78, 5) is 27.7. The molecule has 0 aliphatic carbocycles. The van der Waals surface area contributed by atoms with E-state index in [1.54, 1.807) is 13.2 Å². The normalized spacial score (nSPS) is 21.5. The van der Waals surface area contributed by atoms with E-state index >= 15 is 0 Å². The lowest BCUT2D eigenvalue weighted by atomic mass is 9.83. The van der Waals surface area contributed by atoms with Crippen molar-refractivity contribution in [2.45, 2.75) is 38.8 Å². The number of ether oxygens (including phenoxy) is 1. The number of hydrogen-bond donors (Lipinski definition) is 1. The van der Waals surface area contributed by atoms with Gasteiger partial charge in [-0.15, -0.1) is 0 Å². The Balaban J connectivity index is 1.65. The van der Waals surface area contributed by atoms with E-state index in [1.807, 2.05) is 24.5 Å². The zero-order valence-electron chi connectivity index (χ0n) is 15.3. The van der Waals surface area contributed by atoms with Crippen LogP contribution in [0.5, 0.6) is 6.01 Å². The predicted octanol–water partition coefficient (Wildman–Crippen LogP) is 1.49. The van der Waals surface area contributed by atoms with Gasteiger partial charge in [0, 0.05) is 43.4 Å². The lowest BCUT2D eigenvalue weighted by Crippen LogP contribution is -2.47. The van der Waals surface area contributed by atoms with Gasteiger partial charge >= 0.3 is 6.01 Å². The summed E-state index contributed by atoms with van der Waals surface area (Å²) in [7, 11) is 1.56. The molecule has 0 saturated carbocycles. The Kier molecular flexibility index (Phi) is 4.26. The molecule has 8 nitrogen and oxygen atoms in total. The second-order valence-electron chi connectivity index (χ2n) is 7.35. The van der Waals surface area contributed by atoms with Gasteiger partial charge in [0.25, 0.3) is 5.56 Å². The molecule has 2 aliphatic rings. The minimum absolute atomic E-state index is 0.0934. The van der Waals surface area contributed by atoms with Crippen molar-refractivity contribution in [1.29, 1.82) is 0 Å². The fourth-order valence-electron chi connectivity index (χ4n) is 3.96. The number of aromatic nitrogens is 4. The topological polar surface area (TPSA) is 85.2 Å². The Morgan fingerprint density at radius 3 is 2.81 bits per heavy atom. The molecule has 2 bridgehead atoms. The molecule has 26 heavy (non-hydrogen) atoms. The molecule has 4 heterocycles. The first-order chi connectivity index (χ1) is 12.5. The van der Waals surface area contributed by atoms with Gasteiger partial charge in [0.05, 0.1) is 7.11 Å². The van der Waals surface area contributed by atoms with Gasteiger partial charge in [-0.1, -0.05) is 6.07 Å². The van der Waals surface area contributed by atoms with Gasteiger partial charge in [0.2, 0.25) is 11.9 Å². The summed E-state index contributed by atoms with van der Waals surface area (Å²) >= 11 is 0. The van der Waals surface area contributed by atoms with Crippen LogP contribution in [0, 0.1) is 5.92 Å². The molecule has 2 aliphatic heterocycles. The number of piperidine rings is 1. The number of methoxy groups -OCH3 is 1. The Morgan fingerprint density at radius 2 is 2.04 bits per heavy atom. The van der Waals surface area contributed by atoms with Crippen molar-refractivity contribution in [2.24, 2.45) is 5.92 Å². The minimum Gasteiger partial charge on any atom is -0.467 e. The van der Waals surface area contributed by atoms with E-state index in [9.17, 15) is 4.79 Å². The van der Waals surface area contributed by atoms with Crippen molar-refractivity contribution in [3.05, 3.63) is 34.2 Å². The molecule has 2 aromatic rings. The molecule has 0 spiro atoms. The van der Waals surface area contributed by atoms with Crippen molar-refractivity contribution in [3.63, 3.8) is 0 Å². The first-order valence-electron chi connectivity index (χ1n) is 9.04. The van der Waals surface area contributed by atoms with Crippen molar-refractivity contribution < 1.29 is 4.74 Å². The maximum absolute atomic E-state index is 12.2. The average Bonchev–Trinajstić information content (AvgIpc) is 2.61. The Hall–Kier alpha value is -2.64. The number of fused-ring (bicyclic) bond motifs is 4. The Morgan fingerprint density at radius 1 is 1.19 bits per heavy atom. The molecule has 138 valence electrons. The van der Waals surface area contributed by atoms with Gasteiger partial charge in [-0.2, -0.15) is 15.0 Å². The van der Waals surface area contributed by atoms with Crippen molar-refractivity contribution in [2.75, 3.05) is 30.4 Å². The van der Waals surface area contributed by atoms with E-state index in [-0.39, 0.29) is 11.6 Å². The number of hydrogen-bond acceptors (Lipinski definition) is 7. The molecule has 1 N–H and O–H groups in total. The zero-order valence-corrected chi connectivity index (χ0v) is 15.3. The molecule has 8 heteroatoms. The predicted molar refractivity (Wildman–Crippen MR) is 98.9 cm³/mol. The number of anilines is 2. The van der Waals surface area contributed by atoms with Gasteiger partial charge in [-0.05, 0) is 32.3 Å². The van der Waals surface area contributed by atoms with Gasteiger partial charge in [0.1, 0.15) is 0 Å². The second kappa shape index (κ2) is 6.59.